The zero-order valence-electron chi connectivity index (χ0n) is 10.0. The smallest absolute Gasteiger partial charge is 0.311 e. The molecule has 4 nitrogen and oxygen atoms in total. The Morgan fingerprint density at radius 2 is 2.39 bits per heavy atom. The first-order valence-corrected chi connectivity index (χ1v) is 7.36. The summed E-state index contributed by atoms with van der Waals surface area (Å²) in [6.45, 7) is 0.849. The van der Waals surface area contributed by atoms with Crippen molar-refractivity contribution in [2.45, 2.75) is 12.8 Å². The molecule has 2 aromatic rings. The highest BCUT2D eigenvalue weighted by Gasteiger charge is 2.07. The fourth-order valence-electron chi connectivity index (χ4n) is 1.44. The molecule has 96 valence electrons. The number of rotatable bonds is 6. The SMILES string of the molecule is COC(=O)Cc1csc(NCCc2ccsc2)n1. The zero-order valence-corrected chi connectivity index (χ0v) is 11.6. The van der Waals surface area contributed by atoms with Gasteiger partial charge in [0.2, 0.25) is 0 Å². The molecule has 0 atom stereocenters. The van der Waals surface area contributed by atoms with Crippen LogP contribution in [0.2, 0.25) is 0 Å². The van der Waals surface area contributed by atoms with Gasteiger partial charge in [-0.2, -0.15) is 11.3 Å². The Hall–Kier alpha value is -1.40. The molecule has 18 heavy (non-hydrogen) atoms. The lowest BCUT2D eigenvalue weighted by atomic mass is 10.2. The van der Waals surface area contributed by atoms with Gasteiger partial charge in [0.1, 0.15) is 0 Å². The van der Waals surface area contributed by atoms with Gasteiger partial charge in [0.05, 0.1) is 19.2 Å². The molecule has 0 aliphatic carbocycles. The van der Waals surface area contributed by atoms with Gasteiger partial charge >= 0.3 is 5.97 Å². The van der Waals surface area contributed by atoms with E-state index in [0.717, 1.165) is 23.8 Å². The summed E-state index contributed by atoms with van der Waals surface area (Å²) in [4.78, 5) is 15.4. The van der Waals surface area contributed by atoms with Gasteiger partial charge < -0.3 is 10.1 Å². The number of hydrogen-bond donors (Lipinski definition) is 1. The number of carbonyl (C=O) groups is 1. The molecular weight excluding hydrogens is 268 g/mol. The summed E-state index contributed by atoms with van der Waals surface area (Å²) in [6.07, 6.45) is 1.22. The van der Waals surface area contributed by atoms with Crippen molar-refractivity contribution >= 4 is 33.8 Å². The van der Waals surface area contributed by atoms with E-state index in [-0.39, 0.29) is 12.4 Å². The lowest BCUT2D eigenvalue weighted by Crippen LogP contribution is -2.06. The summed E-state index contributed by atoms with van der Waals surface area (Å²) in [6, 6.07) is 2.12. The molecule has 0 amide bonds. The number of ether oxygens (including phenoxy) is 1. The van der Waals surface area contributed by atoms with Crippen molar-refractivity contribution < 1.29 is 9.53 Å². The second-order valence-corrected chi connectivity index (χ2v) is 5.34. The Morgan fingerprint density at radius 1 is 1.50 bits per heavy atom. The minimum atomic E-state index is -0.259. The Labute approximate surface area is 114 Å². The first-order chi connectivity index (χ1) is 8.78. The minimum absolute atomic E-state index is 0.235. The van der Waals surface area contributed by atoms with Crippen LogP contribution in [0.15, 0.2) is 22.2 Å². The van der Waals surface area contributed by atoms with E-state index in [1.165, 1.54) is 24.0 Å². The van der Waals surface area contributed by atoms with Crippen LogP contribution in [0.1, 0.15) is 11.3 Å². The highest BCUT2D eigenvalue weighted by atomic mass is 32.1. The first-order valence-electron chi connectivity index (χ1n) is 5.54. The number of nitrogens with zero attached hydrogens (tertiary/aromatic N) is 1. The third-order valence-corrected chi connectivity index (χ3v) is 3.96. The van der Waals surface area contributed by atoms with Crippen molar-refractivity contribution in [3.63, 3.8) is 0 Å². The highest BCUT2D eigenvalue weighted by molar-refractivity contribution is 7.13. The van der Waals surface area contributed by atoms with E-state index < -0.39 is 0 Å². The molecule has 0 fully saturated rings. The van der Waals surface area contributed by atoms with E-state index >= 15 is 0 Å². The largest absolute Gasteiger partial charge is 0.469 e. The maximum absolute atomic E-state index is 11.1. The normalized spacial score (nSPS) is 10.3. The van der Waals surface area contributed by atoms with Gasteiger partial charge in [-0.15, -0.1) is 11.3 Å². The van der Waals surface area contributed by atoms with Gasteiger partial charge in [0.25, 0.3) is 0 Å². The first kappa shape index (κ1) is 13.0. The van der Waals surface area contributed by atoms with Crippen LogP contribution in [-0.4, -0.2) is 24.6 Å². The zero-order chi connectivity index (χ0) is 12.8. The lowest BCUT2D eigenvalue weighted by Gasteiger charge is -2.00. The summed E-state index contributed by atoms with van der Waals surface area (Å²) in [7, 11) is 1.38. The van der Waals surface area contributed by atoms with Crippen LogP contribution >= 0.6 is 22.7 Å². The molecule has 0 radical (unpaired) electrons. The van der Waals surface area contributed by atoms with E-state index in [4.69, 9.17) is 0 Å². The molecule has 0 unspecified atom stereocenters. The minimum Gasteiger partial charge on any atom is -0.469 e. The molecule has 0 saturated heterocycles. The van der Waals surface area contributed by atoms with E-state index in [0.29, 0.717) is 0 Å². The van der Waals surface area contributed by atoms with Crippen molar-refractivity contribution in [1.29, 1.82) is 0 Å². The predicted octanol–water partition coefficient (Wildman–Crippen LogP) is 2.57. The van der Waals surface area contributed by atoms with Gasteiger partial charge in [0, 0.05) is 11.9 Å². The quantitative estimate of drug-likeness (QED) is 0.827. The second kappa shape index (κ2) is 6.51. The summed E-state index contributed by atoms with van der Waals surface area (Å²) < 4.78 is 4.60. The number of thiazole rings is 1. The Bertz CT molecular complexity index is 494. The van der Waals surface area contributed by atoms with Crippen LogP contribution in [0.5, 0.6) is 0 Å². The molecular formula is C12H14N2O2S2. The van der Waals surface area contributed by atoms with Crippen molar-refractivity contribution in [1.82, 2.24) is 4.98 Å². The van der Waals surface area contributed by atoms with Gasteiger partial charge in [-0.3, -0.25) is 4.79 Å². The number of carbonyl (C=O) groups excluding carboxylic acids is 1. The molecule has 1 N–H and O–H groups in total. The fraction of sp³-hybridized carbons (Fsp3) is 0.333. The number of nitrogens with one attached hydrogen (secondary N) is 1. The van der Waals surface area contributed by atoms with E-state index in [9.17, 15) is 4.79 Å². The van der Waals surface area contributed by atoms with Crippen molar-refractivity contribution in [3.05, 3.63) is 33.5 Å². The van der Waals surface area contributed by atoms with Crippen LogP contribution in [-0.2, 0) is 22.4 Å². The standard InChI is InChI=1S/C12H14N2O2S2/c1-16-11(15)6-10-8-18-12(14-10)13-4-2-9-3-5-17-7-9/h3,5,7-8H,2,4,6H2,1H3,(H,13,14). The molecule has 2 rings (SSSR count). The summed E-state index contributed by atoms with van der Waals surface area (Å²) in [5.41, 5.74) is 2.09. The van der Waals surface area contributed by atoms with Crippen LogP contribution < -0.4 is 5.32 Å². The molecule has 6 heteroatoms. The van der Waals surface area contributed by atoms with Crippen molar-refractivity contribution in [3.8, 4) is 0 Å². The average molecular weight is 282 g/mol. The molecule has 0 saturated carbocycles. The predicted molar refractivity (Wildman–Crippen MR) is 74.3 cm³/mol. The van der Waals surface area contributed by atoms with Crippen molar-refractivity contribution in [2.75, 3.05) is 19.0 Å². The third kappa shape index (κ3) is 3.82. The Balaban J connectivity index is 1.78. The molecule has 0 aliphatic rings. The summed E-state index contributed by atoms with van der Waals surface area (Å²) in [5.74, 6) is -0.259. The monoisotopic (exact) mass is 282 g/mol. The van der Waals surface area contributed by atoms with Crippen LogP contribution in [0.3, 0.4) is 0 Å². The molecule has 0 bridgehead atoms. The molecule has 2 aromatic heterocycles. The molecule has 0 aromatic carbocycles. The maximum atomic E-state index is 11.1. The van der Waals surface area contributed by atoms with E-state index in [1.54, 1.807) is 11.3 Å². The Kier molecular flexibility index (Phi) is 4.72. The van der Waals surface area contributed by atoms with Gasteiger partial charge in [-0.1, -0.05) is 0 Å². The molecule has 0 spiro atoms. The van der Waals surface area contributed by atoms with Crippen molar-refractivity contribution in [2.24, 2.45) is 0 Å². The van der Waals surface area contributed by atoms with Crippen LogP contribution in [0.4, 0.5) is 5.13 Å². The summed E-state index contributed by atoms with van der Waals surface area (Å²) >= 11 is 3.22. The average Bonchev–Trinajstić information content (AvgIpc) is 3.01. The lowest BCUT2D eigenvalue weighted by molar-refractivity contribution is -0.139. The van der Waals surface area contributed by atoms with Crippen LogP contribution in [0.25, 0.3) is 0 Å². The third-order valence-electron chi connectivity index (χ3n) is 2.37. The highest BCUT2D eigenvalue weighted by Crippen LogP contribution is 2.16. The number of hydrogen-bond acceptors (Lipinski definition) is 6. The Morgan fingerprint density at radius 3 is 3.11 bits per heavy atom. The molecule has 2 heterocycles. The fourth-order valence-corrected chi connectivity index (χ4v) is 2.88. The topological polar surface area (TPSA) is 51.2 Å². The summed E-state index contributed by atoms with van der Waals surface area (Å²) in [5, 5.41) is 10.2. The number of methoxy groups -OCH3 is 1. The second-order valence-electron chi connectivity index (χ2n) is 3.71. The van der Waals surface area contributed by atoms with Gasteiger partial charge in [0.15, 0.2) is 5.13 Å². The van der Waals surface area contributed by atoms with Gasteiger partial charge in [-0.25, -0.2) is 4.98 Å². The number of esters is 1. The van der Waals surface area contributed by atoms with E-state index in [2.05, 4.69) is 31.9 Å². The van der Waals surface area contributed by atoms with E-state index in [1.807, 2.05) is 5.38 Å². The van der Waals surface area contributed by atoms with Gasteiger partial charge in [-0.05, 0) is 28.8 Å². The number of anilines is 1. The number of thiophene rings is 1. The molecule has 0 aliphatic heterocycles. The number of aromatic nitrogens is 1. The maximum Gasteiger partial charge on any atom is 0.311 e. The van der Waals surface area contributed by atoms with Crippen LogP contribution in [0, 0.1) is 0 Å².